The molecule has 0 radical (unpaired) electrons. The van der Waals surface area contributed by atoms with Crippen LogP contribution in [0.5, 0.6) is 0 Å². The van der Waals surface area contributed by atoms with Crippen molar-refractivity contribution >= 4 is 18.0 Å². The Bertz CT molecular complexity index is 577. The highest BCUT2D eigenvalue weighted by atomic mass is 16.6. The number of carbonyl (C=O) groups excluding carboxylic acids is 2. The molecule has 26 heavy (non-hydrogen) atoms. The molecule has 0 heterocycles. The highest BCUT2D eigenvalue weighted by Gasteiger charge is 2.30. The van der Waals surface area contributed by atoms with Gasteiger partial charge in [-0.25, -0.2) is 9.59 Å². The van der Waals surface area contributed by atoms with Crippen molar-refractivity contribution < 1.29 is 24.2 Å². The third-order valence-electron chi connectivity index (χ3n) is 4.02. The summed E-state index contributed by atoms with van der Waals surface area (Å²) < 4.78 is 5.29. The summed E-state index contributed by atoms with van der Waals surface area (Å²) >= 11 is 0. The maximum absolute atomic E-state index is 12.5. The van der Waals surface area contributed by atoms with Crippen molar-refractivity contribution in [2.24, 2.45) is 5.73 Å². The van der Waals surface area contributed by atoms with Crippen molar-refractivity contribution in [3.05, 3.63) is 35.9 Å². The Kier molecular flexibility index (Phi) is 9.82. The zero-order valence-corrected chi connectivity index (χ0v) is 15.2. The van der Waals surface area contributed by atoms with Crippen LogP contribution in [0.25, 0.3) is 0 Å². The van der Waals surface area contributed by atoms with Gasteiger partial charge >= 0.3 is 12.1 Å². The molecule has 1 atom stereocenters. The second-order valence-electron chi connectivity index (χ2n) is 6.15. The smallest absolute Gasteiger partial charge is 0.410 e. The summed E-state index contributed by atoms with van der Waals surface area (Å²) in [6, 6.07) is 8.03. The number of unbranched alkanes of at least 4 members (excludes halogenated alkanes) is 3. The van der Waals surface area contributed by atoms with E-state index in [-0.39, 0.29) is 26.0 Å². The van der Waals surface area contributed by atoms with Crippen LogP contribution in [-0.2, 0) is 20.9 Å². The number of rotatable bonds is 12. The monoisotopic (exact) mass is 364 g/mol. The second-order valence-corrected chi connectivity index (χ2v) is 6.15. The largest absolute Gasteiger partial charge is 0.480 e. The topological polar surface area (TPSA) is 110 Å². The molecule has 1 aromatic rings. The molecule has 0 bridgehead atoms. The Morgan fingerprint density at radius 3 is 2.42 bits per heavy atom. The molecule has 7 nitrogen and oxygen atoms in total. The standard InChI is InChI=1S/C19H28N2O5/c1-2-3-4-8-13-21(16(18(23)24)11-12-17(20)22)19(25)26-14-15-9-6-5-7-10-15/h5-7,9-10,16H,2-4,8,11-14H2,1H3,(H2,20,22)(H,23,24)/t16-/m0/s1. The van der Waals surface area contributed by atoms with Crippen LogP contribution < -0.4 is 5.73 Å². The molecule has 144 valence electrons. The number of carboxylic acids is 1. The van der Waals surface area contributed by atoms with Gasteiger partial charge in [-0.15, -0.1) is 0 Å². The Balaban J connectivity index is 2.77. The Labute approximate surface area is 154 Å². The van der Waals surface area contributed by atoms with Gasteiger partial charge in [-0.3, -0.25) is 9.69 Å². The number of amides is 2. The predicted octanol–water partition coefficient (Wildman–Crippen LogP) is 2.92. The molecule has 0 aliphatic rings. The molecule has 0 aliphatic heterocycles. The summed E-state index contributed by atoms with van der Waals surface area (Å²) in [4.78, 5) is 36.3. The molecule has 0 saturated carbocycles. The minimum atomic E-state index is -1.17. The highest BCUT2D eigenvalue weighted by molar-refractivity contribution is 5.81. The molecule has 1 aromatic carbocycles. The average Bonchev–Trinajstić information content (AvgIpc) is 2.62. The second kappa shape index (κ2) is 11.9. The molecule has 0 spiro atoms. The predicted molar refractivity (Wildman–Crippen MR) is 97.3 cm³/mol. The lowest BCUT2D eigenvalue weighted by molar-refractivity contribution is -0.143. The number of primary amides is 1. The Hall–Kier alpha value is -2.57. The summed E-state index contributed by atoms with van der Waals surface area (Å²) in [7, 11) is 0. The SMILES string of the molecule is CCCCCCN(C(=O)OCc1ccccc1)[C@@H](CCC(N)=O)C(=O)O. The van der Waals surface area contributed by atoms with E-state index in [2.05, 4.69) is 6.92 Å². The van der Waals surface area contributed by atoms with Gasteiger partial charge < -0.3 is 15.6 Å². The van der Waals surface area contributed by atoms with E-state index >= 15 is 0 Å². The number of carbonyl (C=O) groups is 3. The van der Waals surface area contributed by atoms with Crippen LogP contribution in [0.1, 0.15) is 51.0 Å². The average molecular weight is 364 g/mol. The number of ether oxygens (including phenoxy) is 1. The van der Waals surface area contributed by atoms with E-state index in [1.807, 2.05) is 30.3 Å². The van der Waals surface area contributed by atoms with Crippen molar-refractivity contribution in [2.45, 2.75) is 58.1 Å². The van der Waals surface area contributed by atoms with Crippen LogP contribution in [0.2, 0.25) is 0 Å². The van der Waals surface area contributed by atoms with Crippen LogP contribution >= 0.6 is 0 Å². The van der Waals surface area contributed by atoms with Crippen LogP contribution in [0.3, 0.4) is 0 Å². The minimum absolute atomic E-state index is 0.0289. The fourth-order valence-electron chi connectivity index (χ4n) is 2.58. The third-order valence-corrected chi connectivity index (χ3v) is 4.02. The van der Waals surface area contributed by atoms with E-state index in [0.717, 1.165) is 24.8 Å². The first-order chi connectivity index (χ1) is 12.5. The Morgan fingerprint density at radius 1 is 1.15 bits per heavy atom. The van der Waals surface area contributed by atoms with Crippen LogP contribution in [-0.4, -0.2) is 40.6 Å². The number of nitrogens with two attached hydrogens (primary N) is 1. The fraction of sp³-hybridized carbons (Fsp3) is 0.526. The van der Waals surface area contributed by atoms with E-state index in [1.165, 1.54) is 4.90 Å². The van der Waals surface area contributed by atoms with Crippen molar-refractivity contribution in [2.75, 3.05) is 6.54 Å². The van der Waals surface area contributed by atoms with Crippen molar-refractivity contribution in [1.29, 1.82) is 0 Å². The third kappa shape index (κ3) is 8.00. The summed E-state index contributed by atoms with van der Waals surface area (Å²) in [5.74, 6) is -1.77. The lowest BCUT2D eigenvalue weighted by Gasteiger charge is -2.28. The van der Waals surface area contributed by atoms with E-state index < -0.39 is 24.0 Å². The zero-order chi connectivity index (χ0) is 19.4. The van der Waals surface area contributed by atoms with Crippen molar-refractivity contribution in [3.63, 3.8) is 0 Å². The van der Waals surface area contributed by atoms with E-state index in [0.29, 0.717) is 6.42 Å². The summed E-state index contributed by atoms with van der Waals surface area (Å²) in [5.41, 5.74) is 5.94. The molecular weight excluding hydrogens is 336 g/mol. The zero-order valence-electron chi connectivity index (χ0n) is 15.2. The maximum atomic E-state index is 12.5. The molecule has 7 heteroatoms. The molecule has 0 aliphatic carbocycles. The van der Waals surface area contributed by atoms with Gasteiger partial charge in [0.2, 0.25) is 5.91 Å². The number of nitrogens with zero attached hydrogens (tertiary/aromatic N) is 1. The lowest BCUT2D eigenvalue weighted by atomic mass is 10.1. The molecule has 0 saturated heterocycles. The molecule has 1 rings (SSSR count). The summed E-state index contributed by atoms with van der Waals surface area (Å²) in [5, 5.41) is 9.49. The van der Waals surface area contributed by atoms with Crippen LogP contribution in [0, 0.1) is 0 Å². The normalized spacial score (nSPS) is 11.6. The number of hydrogen-bond acceptors (Lipinski definition) is 4. The van der Waals surface area contributed by atoms with Gasteiger partial charge in [-0.1, -0.05) is 56.5 Å². The molecule has 2 amide bonds. The van der Waals surface area contributed by atoms with Gasteiger partial charge in [0.25, 0.3) is 0 Å². The molecule has 0 aromatic heterocycles. The van der Waals surface area contributed by atoms with E-state index in [1.54, 1.807) is 0 Å². The van der Waals surface area contributed by atoms with Gasteiger partial charge in [0.1, 0.15) is 12.6 Å². The van der Waals surface area contributed by atoms with Crippen molar-refractivity contribution in [1.82, 2.24) is 4.90 Å². The maximum Gasteiger partial charge on any atom is 0.410 e. The van der Waals surface area contributed by atoms with Gasteiger partial charge in [0.15, 0.2) is 0 Å². The molecule has 0 unspecified atom stereocenters. The molecule has 3 N–H and O–H groups in total. The minimum Gasteiger partial charge on any atom is -0.480 e. The number of aliphatic carboxylic acids is 1. The van der Waals surface area contributed by atoms with E-state index in [4.69, 9.17) is 10.5 Å². The molecule has 0 fully saturated rings. The van der Waals surface area contributed by atoms with Crippen LogP contribution in [0.15, 0.2) is 30.3 Å². The summed E-state index contributed by atoms with van der Waals surface area (Å²) in [6.45, 7) is 2.40. The summed E-state index contributed by atoms with van der Waals surface area (Å²) in [6.07, 6.45) is 2.78. The fourth-order valence-corrected chi connectivity index (χ4v) is 2.58. The first-order valence-electron chi connectivity index (χ1n) is 8.94. The number of carboxylic acid groups (broad SMARTS) is 1. The highest BCUT2D eigenvalue weighted by Crippen LogP contribution is 2.14. The van der Waals surface area contributed by atoms with E-state index in [9.17, 15) is 19.5 Å². The lowest BCUT2D eigenvalue weighted by Crippen LogP contribution is -2.46. The first kappa shape index (κ1) is 21.5. The van der Waals surface area contributed by atoms with Gasteiger partial charge in [-0.05, 0) is 18.4 Å². The molecular formula is C19H28N2O5. The number of benzene rings is 1. The Morgan fingerprint density at radius 2 is 1.85 bits per heavy atom. The van der Waals surface area contributed by atoms with Gasteiger partial charge in [0.05, 0.1) is 0 Å². The first-order valence-corrected chi connectivity index (χ1v) is 8.94. The quantitative estimate of drug-likeness (QED) is 0.554. The van der Waals surface area contributed by atoms with Crippen molar-refractivity contribution in [3.8, 4) is 0 Å². The van der Waals surface area contributed by atoms with Gasteiger partial charge in [-0.2, -0.15) is 0 Å². The number of hydrogen-bond donors (Lipinski definition) is 2. The van der Waals surface area contributed by atoms with Crippen LogP contribution in [0.4, 0.5) is 4.79 Å². The van der Waals surface area contributed by atoms with Gasteiger partial charge in [0, 0.05) is 13.0 Å².